The highest BCUT2D eigenvalue weighted by Crippen LogP contribution is 2.47. The average Bonchev–Trinajstić information content (AvgIpc) is 2.18. The smallest absolute Gasteiger partial charge is 0.166 e. The van der Waals surface area contributed by atoms with Crippen LogP contribution < -0.4 is 0 Å². The number of hydrogen-bond acceptors (Lipinski definition) is 0. The van der Waals surface area contributed by atoms with Gasteiger partial charge in [-0.1, -0.05) is 46.4 Å². The van der Waals surface area contributed by atoms with Gasteiger partial charge in [-0.2, -0.15) is 13.2 Å². The lowest BCUT2D eigenvalue weighted by Gasteiger charge is -2.17. The first-order valence-electron chi connectivity index (χ1n) is 3.69. The summed E-state index contributed by atoms with van der Waals surface area (Å²) in [4.78, 5) is 0. The summed E-state index contributed by atoms with van der Waals surface area (Å²) in [6.07, 6.45) is -4.70. The van der Waals surface area contributed by atoms with Crippen LogP contribution in [0.25, 0.3) is 0 Å². The Morgan fingerprint density at radius 2 is 1.25 bits per heavy atom. The fraction of sp³-hybridized carbons (Fsp3) is 0.250. The molecule has 8 heteroatoms. The minimum absolute atomic E-state index is 0.239. The van der Waals surface area contributed by atoms with Crippen LogP contribution >= 0.6 is 58.0 Å². The van der Waals surface area contributed by atoms with Gasteiger partial charge in [0.15, 0.2) is 0 Å². The van der Waals surface area contributed by atoms with E-state index in [1.54, 1.807) is 0 Å². The van der Waals surface area contributed by atoms with Crippen molar-refractivity contribution in [3.05, 3.63) is 31.2 Å². The average molecular weight is 332 g/mol. The van der Waals surface area contributed by atoms with E-state index in [-0.39, 0.29) is 15.6 Å². The molecule has 0 heterocycles. The van der Waals surface area contributed by atoms with Crippen LogP contribution in [0.4, 0.5) is 13.2 Å². The standard InChI is InChI=1S/C8H2Cl5F3/c9-1-2-3(8(14,15)16)5(11)7(13)6(12)4(2)10/h1H2. The molecule has 0 saturated carbocycles. The van der Waals surface area contributed by atoms with Crippen molar-refractivity contribution in [3.63, 3.8) is 0 Å². The molecule has 0 aromatic heterocycles. The summed E-state index contributed by atoms with van der Waals surface area (Å²) in [6.45, 7) is 0. The van der Waals surface area contributed by atoms with Crippen molar-refractivity contribution >= 4 is 58.0 Å². The third kappa shape index (κ3) is 2.49. The summed E-state index contributed by atoms with van der Waals surface area (Å²) >= 11 is 27.6. The fourth-order valence-electron chi connectivity index (χ4n) is 1.10. The Labute approximate surface area is 114 Å². The van der Waals surface area contributed by atoms with Crippen LogP contribution in [0.5, 0.6) is 0 Å². The molecular weight excluding hydrogens is 330 g/mol. The van der Waals surface area contributed by atoms with Gasteiger partial charge in [0.25, 0.3) is 0 Å². The molecule has 0 unspecified atom stereocenters. The highest BCUT2D eigenvalue weighted by Gasteiger charge is 2.38. The number of hydrogen-bond donors (Lipinski definition) is 0. The topological polar surface area (TPSA) is 0 Å². The summed E-state index contributed by atoms with van der Waals surface area (Å²) in [5, 5.41) is -1.70. The van der Waals surface area contributed by atoms with Gasteiger partial charge in [-0.25, -0.2) is 0 Å². The molecule has 0 aliphatic carbocycles. The number of benzene rings is 1. The molecule has 0 fully saturated rings. The normalized spacial score (nSPS) is 12.0. The minimum atomic E-state index is -4.70. The van der Waals surface area contributed by atoms with Gasteiger partial charge < -0.3 is 0 Å². The van der Waals surface area contributed by atoms with E-state index < -0.39 is 27.7 Å². The quantitative estimate of drug-likeness (QED) is 0.333. The van der Waals surface area contributed by atoms with E-state index in [0.29, 0.717) is 0 Å². The van der Waals surface area contributed by atoms with Crippen LogP contribution in [0.15, 0.2) is 0 Å². The molecule has 16 heavy (non-hydrogen) atoms. The van der Waals surface area contributed by atoms with Gasteiger partial charge >= 0.3 is 6.18 Å². The SMILES string of the molecule is FC(F)(F)c1c(Cl)c(Cl)c(Cl)c(Cl)c1CCl. The third-order valence-corrected chi connectivity index (χ3v) is 3.89. The first-order valence-corrected chi connectivity index (χ1v) is 5.74. The second-order valence-electron chi connectivity index (χ2n) is 2.74. The maximum absolute atomic E-state index is 12.7. The van der Waals surface area contributed by atoms with E-state index >= 15 is 0 Å². The Morgan fingerprint density at radius 1 is 0.812 bits per heavy atom. The lowest BCUT2D eigenvalue weighted by atomic mass is 10.1. The molecule has 0 N–H and O–H groups in total. The zero-order valence-electron chi connectivity index (χ0n) is 7.23. The van der Waals surface area contributed by atoms with Crippen molar-refractivity contribution in [2.75, 3.05) is 0 Å². The van der Waals surface area contributed by atoms with E-state index in [2.05, 4.69) is 0 Å². The molecule has 0 saturated heterocycles. The second-order valence-corrected chi connectivity index (χ2v) is 4.52. The second kappa shape index (κ2) is 4.99. The molecule has 0 aliphatic heterocycles. The third-order valence-electron chi connectivity index (χ3n) is 1.78. The van der Waals surface area contributed by atoms with Crippen LogP contribution in [-0.2, 0) is 12.1 Å². The van der Waals surface area contributed by atoms with Gasteiger partial charge in [0.1, 0.15) is 0 Å². The molecule has 90 valence electrons. The molecule has 0 atom stereocenters. The predicted molar refractivity (Wildman–Crippen MR) is 61.0 cm³/mol. The van der Waals surface area contributed by atoms with Gasteiger partial charge in [0.05, 0.1) is 25.7 Å². The molecule has 0 bridgehead atoms. The first kappa shape index (κ1) is 14.5. The van der Waals surface area contributed by atoms with Gasteiger partial charge in [0, 0.05) is 11.4 Å². The zero-order chi connectivity index (χ0) is 12.7. The monoisotopic (exact) mass is 330 g/mol. The largest absolute Gasteiger partial charge is 0.418 e. The van der Waals surface area contributed by atoms with Crippen molar-refractivity contribution < 1.29 is 13.2 Å². The van der Waals surface area contributed by atoms with E-state index in [4.69, 9.17) is 58.0 Å². The lowest BCUT2D eigenvalue weighted by molar-refractivity contribution is -0.138. The molecule has 1 aromatic rings. The van der Waals surface area contributed by atoms with E-state index in [9.17, 15) is 13.2 Å². The van der Waals surface area contributed by atoms with Crippen LogP contribution in [0.3, 0.4) is 0 Å². The fourth-order valence-corrected chi connectivity index (χ4v) is 2.50. The zero-order valence-corrected chi connectivity index (χ0v) is 11.0. The Bertz CT molecular complexity index is 427. The maximum Gasteiger partial charge on any atom is 0.418 e. The molecule has 0 radical (unpaired) electrons. The van der Waals surface area contributed by atoms with Crippen molar-refractivity contribution in [1.82, 2.24) is 0 Å². The van der Waals surface area contributed by atoms with Crippen molar-refractivity contribution in [2.24, 2.45) is 0 Å². The molecule has 0 nitrogen and oxygen atoms in total. The summed E-state index contributed by atoms with van der Waals surface area (Å²) in [5.41, 5.74) is -1.53. The summed E-state index contributed by atoms with van der Waals surface area (Å²) in [6, 6.07) is 0. The Balaban J connectivity index is 3.72. The highest BCUT2D eigenvalue weighted by atomic mass is 35.5. The van der Waals surface area contributed by atoms with Crippen molar-refractivity contribution in [2.45, 2.75) is 12.1 Å². The molecule has 0 spiro atoms. The van der Waals surface area contributed by atoms with Crippen molar-refractivity contribution in [3.8, 4) is 0 Å². The summed E-state index contributed by atoms with van der Waals surface area (Å²) in [5.74, 6) is -0.468. The molecule has 0 amide bonds. The Kier molecular flexibility index (Phi) is 4.53. The predicted octanol–water partition coefficient (Wildman–Crippen LogP) is 6.06. The van der Waals surface area contributed by atoms with E-state index in [1.807, 2.05) is 0 Å². The maximum atomic E-state index is 12.7. The van der Waals surface area contributed by atoms with Gasteiger partial charge in [-0.15, -0.1) is 11.6 Å². The number of alkyl halides is 4. The minimum Gasteiger partial charge on any atom is -0.166 e. The lowest BCUT2D eigenvalue weighted by Crippen LogP contribution is -2.10. The summed E-state index contributed by atoms with van der Waals surface area (Å²) < 4.78 is 38.1. The van der Waals surface area contributed by atoms with E-state index in [0.717, 1.165) is 0 Å². The van der Waals surface area contributed by atoms with Gasteiger partial charge in [0.2, 0.25) is 0 Å². The van der Waals surface area contributed by atoms with Gasteiger partial charge in [-0.3, -0.25) is 0 Å². The van der Waals surface area contributed by atoms with Crippen LogP contribution in [0.2, 0.25) is 20.1 Å². The number of halogens is 8. The van der Waals surface area contributed by atoms with Crippen molar-refractivity contribution in [1.29, 1.82) is 0 Å². The van der Waals surface area contributed by atoms with Crippen LogP contribution in [-0.4, -0.2) is 0 Å². The first-order chi connectivity index (χ1) is 7.21. The summed E-state index contributed by atoms with van der Waals surface area (Å²) in [7, 11) is 0. The molecule has 0 aliphatic rings. The highest BCUT2D eigenvalue weighted by molar-refractivity contribution is 6.52. The number of rotatable bonds is 1. The Morgan fingerprint density at radius 3 is 1.62 bits per heavy atom. The van der Waals surface area contributed by atoms with Gasteiger partial charge in [-0.05, 0) is 0 Å². The van der Waals surface area contributed by atoms with Crippen LogP contribution in [0.1, 0.15) is 11.1 Å². The molecule has 1 aromatic carbocycles. The molecule has 1 rings (SSSR count). The van der Waals surface area contributed by atoms with Crippen LogP contribution in [0, 0.1) is 0 Å². The Hall–Kier alpha value is 0.460. The molecular formula is C8H2Cl5F3. The van der Waals surface area contributed by atoms with E-state index in [1.165, 1.54) is 0 Å².